The molecule has 152 valence electrons. The Balaban J connectivity index is 1.71. The Morgan fingerprint density at radius 3 is 2.32 bits per heavy atom. The fourth-order valence-electron chi connectivity index (χ4n) is 2.98. The predicted molar refractivity (Wildman–Crippen MR) is 113 cm³/mol. The van der Waals surface area contributed by atoms with Gasteiger partial charge in [0.1, 0.15) is 0 Å². The molecule has 0 spiro atoms. The van der Waals surface area contributed by atoms with E-state index in [0.717, 1.165) is 24.0 Å². The number of aryl methyl sites for hydroxylation is 5. The largest absolute Gasteiger partial charge is 0.356 e. The number of sulfonamides is 1. The van der Waals surface area contributed by atoms with E-state index in [1.54, 1.807) is 18.2 Å². The molecule has 6 heteroatoms. The highest BCUT2D eigenvalue weighted by Crippen LogP contribution is 2.14. The van der Waals surface area contributed by atoms with Gasteiger partial charge in [-0.05, 0) is 74.9 Å². The molecule has 0 aliphatic heterocycles. The standard InChI is InChI=1S/C22H30N2O3S/c1-16-7-9-20(19(4)14-16)6-5-12-23-22(25)11-13-24-28(26,27)21-10-8-17(2)18(3)15-21/h7-10,14-15,24H,5-6,11-13H2,1-4H3,(H,23,25). The van der Waals surface area contributed by atoms with Gasteiger partial charge in [-0.3, -0.25) is 4.79 Å². The van der Waals surface area contributed by atoms with Crippen LogP contribution in [0.15, 0.2) is 41.3 Å². The molecule has 0 saturated heterocycles. The predicted octanol–water partition coefficient (Wildman–Crippen LogP) is 3.34. The molecule has 0 radical (unpaired) electrons. The number of hydrogen-bond donors (Lipinski definition) is 2. The van der Waals surface area contributed by atoms with Gasteiger partial charge in [-0.2, -0.15) is 0 Å². The van der Waals surface area contributed by atoms with Crippen LogP contribution in [-0.4, -0.2) is 27.4 Å². The molecule has 5 nitrogen and oxygen atoms in total. The number of hydrogen-bond acceptors (Lipinski definition) is 3. The zero-order valence-electron chi connectivity index (χ0n) is 17.1. The van der Waals surface area contributed by atoms with Crippen LogP contribution in [0.1, 0.15) is 40.7 Å². The van der Waals surface area contributed by atoms with E-state index in [1.807, 2.05) is 13.8 Å². The summed E-state index contributed by atoms with van der Waals surface area (Å²) in [6.07, 6.45) is 1.88. The van der Waals surface area contributed by atoms with Crippen LogP contribution in [0.3, 0.4) is 0 Å². The Labute approximate surface area is 168 Å². The summed E-state index contributed by atoms with van der Waals surface area (Å²) < 4.78 is 27.1. The molecule has 0 saturated carbocycles. The van der Waals surface area contributed by atoms with E-state index >= 15 is 0 Å². The van der Waals surface area contributed by atoms with E-state index in [1.165, 1.54) is 16.7 Å². The Morgan fingerprint density at radius 2 is 1.64 bits per heavy atom. The van der Waals surface area contributed by atoms with E-state index in [9.17, 15) is 13.2 Å². The molecule has 2 rings (SSSR count). The Morgan fingerprint density at radius 1 is 0.893 bits per heavy atom. The summed E-state index contributed by atoms with van der Waals surface area (Å²) in [4.78, 5) is 12.2. The quantitative estimate of drug-likeness (QED) is 0.632. The second kappa shape index (κ2) is 9.85. The van der Waals surface area contributed by atoms with Crippen molar-refractivity contribution in [1.29, 1.82) is 0 Å². The van der Waals surface area contributed by atoms with E-state index in [0.29, 0.717) is 6.54 Å². The first-order valence-electron chi connectivity index (χ1n) is 9.59. The molecule has 2 N–H and O–H groups in total. The van der Waals surface area contributed by atoms with E-state index < -0.39 is 10.0 Å². The zero-order chi connectivity index (χ0) is 20.7. The van der Waals surface area contributed by atoms with Crippen molar-refractivity contribution in [3.8, 4) is 0 Å². The molecular weight excluding hydrogens is 372 g/mol. The number of nitrogens with one attached hydrogen (secondary N) is 2. The second-order valence-electron chi connectivity index (χ2n) is 7.28. The molecule has 0 bridgehead atoms. The van der Waals surface area contributed by atoms with Crippen LogP contribution in [-0.2, 0) is 21.2 Å². The van der Waals surface area contributed by atoms with Gasteiger partial charge in [-0.15, -0.1) is 0 Å². The summed E-state index contributed by atoms with van der Waals surface area (Å²) >= 11 is 0. The SMILES string of the molecule is Cc1ccc(CCCNC(=O)CCNS(=O)(=O)c2ccc(C)c(C)c2)c(C)c1. The van der Waals surface area contributed by atoms with Gasteiger partial charge < -0.3 is 5.32 Å². The summed E-state index contributed by atoms with van der Waals surface area (Å²) in [5.74, 6) is -0.150. The van der Waals surface area contributed by atoms with Crippen molar-refractivity contribution in [2.45, 2.75) is 51.9 Å². The van der Waals surface area contributed by atoms with E-state index in [2.05, 4.69) is 42.1 Å². The maximum absolute atomic E-state index is 12.3. The smallest absolute Gasteiger partial charge is 0.240 e. The summed E-state index contributed by atoms with van der Waals surface area (Å²) in [7, 11) is -3.59. The van der Waals surface area contributed by atoms with Crippen molar-refractivity contribution in [3.05, 3.63) is 64.2 Å². The monoisotopic (exact) mass is 402 g/mol. The fourth-order valence-corrected chi connectivity index (χ4v) is 4.10. The highest BCUT2D eigenvalue weighted by atomic mass is 32.2. The van der Waals surface area contributed by atoms with Crippen molar-refractivity contribution in [1.82, 2.24) is 10.0 Å². The van der Waals surface area contributed by atoms with Gasteiger partial charge in [-0.25, -0.2) is 13.1 Å². The molecule has 0 aliphatic carbocycles. The molecule has 0 atom stereocenters. The molecule has 2 aromatic carbocycles. The second-order valence-corrected chi connectivity index (χ2v) is 9.04. The van der Waals surface area contributed by atoms with Crippen LogP contribution in [0.2, 0.25) is 0 Å². The van der Waals surface area contributed by atoms with Gasteiger partial charge in [0.2, 0.25) is 15.9 Å². The summed E-state index contributed by atoms with van der Waals surface area (Å²) in [6.45, 7) is 8.64. The number of amides is 1. The van der Waals surface area contributed by atoms with Gasteiger partial charge >= 0.3 is 0 Å². The molecule has 1 amide bonds. The van der Waals surface area contributed by atoms with Crippen LogP contribution < -0.4 is 10.0 Å². The topological polar surface area (TPSA) is 75.3 Å². The summed E-state index contributed by atoms with van der Waals surface area (Å²) in [6, 6.07) is 11.4. The van der Waals surface area contributed by atoms with Crippen molar-refractivity contribution >= 4 is 15.9 Å². The Hall–Kier alpha value is -2.18. The lowest BCUT2D eigenvalue weighted by Crippen LogP contribution is -2.31. The molecular formula is C22H30N2O3S. The minimum absolute atomic E-state index is 0.0815. The Bertz CT molecular complexity index is 937. The minimum Gasteiger partial charge on any atom is -0.356 e. The van der Waals surface area contributed by atoms with Crippen molar-refractivity contribution in [3.63, 3.8) is 0 Å². The van der Waals surface area contributed by atoms with Crippen molar-refractivity contribution < 1.29 is 13.2 Å². The average molecular weight is 403 g/mol. The maximum Gasteiger partial charge on any atom is 0.240 e. The molecule has 2 aromatic rings. The van der Waals surface area contributed by atoms with Crippen molar-refractivity contribution in [2.75, 3.05) is 13.1 Å². The normalized spacial score (nSPS) is 11.4. The number of benzene rings is 2. The average Bonchev–Trinajstić information content (AvgIpc) is 2.62. The highest BCUT2D eigenvalue weighted by molar-refractivity contribution is 7.89. The van der Waals surface area contributed by atoms with E-state index in [-0.39, 0.29) is 23.8 Å². The third-order valence-electron chi connectivity index (χ3n) is 4.88. The van der Waals surface area contributed by atoms with Crippen molar-refractivity contribution in [2.24, 2.45) is 0 Å². The van der Waals surface area contributed by atoms with Crippen LogP contribution in [0.5, 0.6) is 0 Å². The molecule has 28 heavy (non-hydrogen) atoms. The molecule has 0 aliphatic rings. The lowest BCUT2D eigenvalue weighted by atomic mass is 10.0. The summed E-state index contributed by atoms with van der Waals surface area (Å²) in [5, 5.41) is 2.85. The van der Waals surface area contributed by atoms with E-state index in [4.69, 9.17) is 0 Å². The number of rotatable bonds is 9. The van der Waals surface area contributed by atoms with Crippen LogP contribution in [0.25, 0.3) is 0 Å². The molecule has 0 unspecified atom stereocenters. The lowest BCUT2D eigenvalue weighted by Gasteiger charge is -2.10. The lowest BCUT2D eigenvalue weighted by molar-refractivity contribution is -0.120. The Kier molecular flexibility index (Phi) is 7.78. The van der Waals surface area contributed by atoms with Crippen LogP contribution in [0.4, 0.5) is 0 Å². The molecule has 0 heterocycles. The summed E-state index contributed by atoms with van der Waals surface area (Å²) in [5.41, 5.74) is 5.77. The van der Waals surface area contributed by atoms with Gasteiger partial charge in [0.15, 0.2) is 0 Å². The van der Waals surface area contributed by atoms with Crippen LogP contribution >= 0.6 is 0 Å². The number of carbonyl (C=O) groups is 1. The number of carbonyl (C=O) groups excluding carboxylic acids is 1. The minimum atomic E-state index is -3.59. The molecule has 0 fully saturated rings. The van der Waals surface area contributed by atoms with Gasteiger partial charge in [0.25, 0.3) is 0 Å². The first-order valence-corrected chi connectivity index (χ1v) is 11.1. The maximum atomic E-state index is 12.3. The third-order valence-corrected chi connectivity index (χ3v) is 6.33. The fraction of sp³-hybridized carbons (Fsp3) is 0.409. The first kappa shape index (κ1) is 22.1. The van der Waals surface area contributed by atoms with Gasteiger partial charge in [-0.1, -0.05) is 29.8 Å². The first-order chi connectivity index (χ1) is 13.2. The van der Waals surface area contributed by atoms with Gasteiger partial charge in [0.05, 0.1) is 4.90 Å². The highest BCUT2D eigenvalue weighted by Gasteiger charge is 2.14. The third kappa shape index (κ3) is 6.46. The molecule has 0 aromatic heterocycles. The zero-order valence-corrected chi connectivity index (χ0v) is 17.9. The van der Waals surface area contributed by atoms with Gasteiger partial charge in [0, 0.05) is 19.5 Å². The van der Waals surface area contributed by atoms with Crippen LogP contribution in [0, 0.1) is 27.7 Å².